The molecular weight excluding hydrogens is 386 g/mol. The van der Waals surface area contributed by atoms with E-state index >= 15 is 0 Å². The SMILES string of the molecule is CC1=Nc2ccc(-c3ccn4nc(NCC(C)C)ncc34)nc2C[C@@H]1CCC(F)F. The van der Waals surface area contributed by atoms with Gasteiger partial charge in [0, 0.05) is 36.4 Å². The van der Waals surface area contributed by atoms with E-state index in [9.17, 15) is 8.78 Å². The summed E-state index contributed by atoms with van der Waals surface area (Å²) >= 11 is 0. The molecule has 8 heteroatoms. The molecule has 3 aromatic rings. The molecule has 0 bridgehead atoms. The molecule has 0 unspecified atom stereocenters. The molecule has 0 amide bonds. The van der Waals surface area contributed by atoms with Gasteiger partial charge in [-0.1, -0.05) is 13.8 Å². The maximum Gasteiger partial charge on any atom is 0.241 e. The van der Waals surface area contributed by atoms with E-state index in [1.165, 1.54) is 0 Å². The van der Waals surface area contributed by atoms with Crippen LogP contribution in [-0.4, -0.2) is 38.3 Å². The largest absolute Gasteiger partial charge is 0.353 e. The van der Waals surface area contributed by atoms with Crippen LogP contribution in [0.15, 0.2) is 35.6 Å². The molecule has 1 aliphatic rings. The normalized spacial score (nSPS) is 16.2. The number of aromatic nitrogens is 4. The smallest absolute Gasteiger partial charge is 0.241 e. The number of halogens is 2. The minimum absolute atomic E-state index is 0.0120. The van der Waals surface area contributed by atoms with Crippen LogP contribution in [0.2, 0.25) is 0 Å². The molecule has 1 atom stereocenters. The Balaban J connectivity index is 1.60. The Labute approximate surface area is 174 Å². The van der Waals surface area contributed by atoms with Gasteiger partial charge >= 0.3 is 0 Å². The van der Waals surface area contributed by atoms with Crippen molar-refractivity contribution in [1.29, 1.82) is 0 Å². The van der Waals surface area contributed by atoms with Crippen molar-refractivity contribution in [2.45, 2.75) is 46.5 Å². The molecule has 0 aliphatic carbocycles. The monoisotopic (exact) mass is 412 g/mol. The van der Waals surface area contributed by atoms with Crippen LogP contribution in [-0.2, 0) is 6.42 Å². The number of alkyl halides is 2. The highest BCUT2D eigenvalue weighted by atomic mass is 19.3. The fourth-order valence-electron chi connectivity index (χ4n) is 3.69. The molecule has 1 aliphatic heterocycles. The number of fused-ring (bicyclic) bond motifs is 2. The average Bonchev–Trinajstić information content (AvgIpc) is 3.13. The third kappa shape index (κ3) is 4.32. The lowest BCUT2D eigenvalue weighted by molar-refractivity contribution is 0.131. The van der Waals surface area contributed by atoms with Gasteiger partial charge in [0.05, 0.1) is 28.8 Å². The molecule has 6 nitrogen and oxygen atoms in total. The second-order valence-corrected chi connectivity index (χ2v) is 8.20. The molecular formula is C22H26F2N6. The van der Waals surface area contributed by atoms with Gasteiger partial charge in [0.1, 0.15) is 0 Å². The van der Waals surface area contributed by atoms with Crippen molar-refractivity contribution in [3.05, 3.63) is 36.3 Å². The summed E-state index contributed by atoms with van der Waals surface area (Å²) in [4.78, 5) is 13.9. The highest BCUT2D eigenvalue weighted by molar-refractivity contribution is 5.89. The van der Waals surface area contributed by atoms with Crippen LogP contribution in [0.3, 0.4) is 0 Å². The summed E-state index contributed by atoms with van der Waals surface area (Å²) in [6.07, 6.45) is 2.35. The van der Waals surface area contributed by atoms with Gasteiger partial charge in [0.15, 0.2) is 0 Å². The molecule has 0 saturated carbocycles. The standard InChI is InChI=1S/C22H26F2N6/c1-13(2)11-25-22-26-12-20-16(8-9-30(20)29-22)17-5-6-18-19(28-17)10-15(14(3)27-18)4-7-21(23)24/h5-6,8-9,12-13,15,21H,4,7,10-11H2,1-3H3,(H,25,29)/t15-/m0/s1. The van der Waals surface area contributed by atoms with E-state index < -0.39 is 6.43 Å². The van der Waals surface area contributed by atoms with Crippen LogP contribution < -0.4 is 5.32 Å². The fraction of sp³-hybridized carbons (Fsp3) is 0.455. The first-order chi connectivity index (χ1) is 14.4. The van der Waals surface area contributed by atoms with Crippen molar-refractivity contribution >= 4 is 22.9 Å². The Kier molecular flexibility index (Phi) is 5.74. The van der Waals surface area contributed by atoms with Crippen molar-refractivity contribution < 1.29 is 8.78 Å². The molecule has 0 fully saturated rings. The molecule has 0 aromatic carbocycles. The van der Waals surface area contributed by atoms with Crippen LogP contribution in [0, 0.1) is 11.8 Å². The number of rotatable bonds is 7. The number of nitrogens with one attached hydrogen (secondary N) is 1. The van der Waals surface area contributed by atoms with E-state index in [1.54, 1.807) is 10.7 Å². The van der Waals surface area contributed by atoms with Crippen molar-refractivity contribution in [3.8, 4) is 11.3 Å². The van der Waals surface area contributed by atoms with Crippen LogP contribution in [0.4, 0.5) is 20.4 Å². The number of hydrogen-bond acceptors (Lipinski definition) is 5. The summed E-state index contributed by atoms with van der Waals surface area (Å²) in [7, 11) is 0. The van der Waals surface area contributed by atoms with Gasteiger partial charge in [0.2, 0.25) is 12.4 Å². The third-order valence-corrected chi connectivity index (χ3v) is 5.37. The van der Waals surface area contributed by atoms with Gasteiger partial charge in [-0.25, -0.2) is 18.3 Å². The van der Waals surface area contributed by atoms with E-state index in [0.29, 0.717) is 24.7 Å². The molecule has 4 heterocycles. The van der Waals surface area contributed by atoms with Gasteiger partial charge < -0.3 is 5.32 Å². The molecule has 0 spiro atoms. The minimum Gasteiger partial charge on any atom is -0.353 e. The highest BCUT2D eigenvalue weighted by Gasteiger charge is 2.23. The second-order valence-electron chi connectivity index (χ2n) is 8.20. The predicted octanol–water partition coefficient (Wildman–Crippen LogP) is 5.17. The number of hydrogen-bond donors (Lipinski definition) is 1. The maximum absolute atomic E-state index is 12.7. The summed E-state index contributed by atoms with van der Waals surface area (Å²) in [5.41, 5.74) is 5.19. The quantitative estimate of drug-likeness (QED) is 0.581. The van der Waals surface area contributed by atoms with Crippen molar-refractivity contribution in [2.75, 3.05) is 11.9 Å². The zero-order valence-electron chi connectivity index (χ0n) is 17.4. The van der Waals surface area contributed by atoms with E-state index in [4.69, 9.17) is 4.98 Å². The maximum atomic E-state index is 12.7. The van der Waals surface area contributed by atoms with Crippen molar-refractivity contribution in [1.82, 2.24) is 19.6 Å². The number of nitrogens with zero attached hydrogens (tertiary/aromatic N) is 5. The van der Waals surface area contributed by atoms with Gasteiger partial charge in [-0.05, 0) is 43.9 Å². The van der Waals surface area contributed by atoms with E-state index in [0.717, 1.165) is 40.4 Å². The minimum atomic E-state index is -2.29. The third-order valence-electron chi connectivity index (χ3n) is 5.37. The van der Waals surface area contributed by atoms with Crippen LogP contribution in [0.1, 0.15) is 39.3 Å². The fourth-order valence-corrected chi connectivity index (χ4v) is 3.69. The van der Waals surface area contributed by atoms with Crippen molar-refractivity contribution in [2.24, 2.45) is 16.8 Å². The second kappa shape index (κ2) is 8.45. The highest BCUT2D eigenvalue weighted by Crippen LogP contribution is 2.33. The van der Waals surface area contributed by atoms with E-state index in [1.807, 2.05) is 31.3 Å². The zero-order valence-corrected chi connectivity index (χ0v) is 17.4. The Hall–Kier alpha value is -2.90. The molecule has 1 N–H and O–H groups in total. The first kappa shape index (κ1) is 20.4. The Morgan fingerprint density at radius 1 is 1.23 bits per heavy atom. The lowest BCUT2D eigenvalue weighted by Gasteiger charge is -2.22. The predicted molar refractivity (Wildman–Crippen MR) is 115 cm³/mol. The molecule has 30 heavy (non-hydrogen) atoms. The Morgan fingerprint density at radius 2 is 2.07 bits per heavy atom. The summed E-state index contributed by atoms with van der Waals surface area (Å²) in [5.74, 6) is 1.10. The number of aliphatic imine (C=N–C) groups is 1. The topological polar surface area (TPSA) is 67.5 Å². The van der Waals surface area contributed by atoms with Crippen LogP contribution in [0.5, 0.6) is 0 Å². The average molecular weight is 412 g/mol. The van der Waals surface area contributed by atoms with Crippen LogP contribution in [0.25, 0.3) is 16.8 Å². The number of anilines is 1. The Morgan fingerprint density at radius 3 is 2.83 bits per heavy atom. The van der Waals surface area contributed by atoms with Crippen LogP contribution >= 0.6 is 0 Å². The van der Waals surface area contributed by atoms with Crippen molar-refractivity contribution in [3.63, 3.8) is 0 Å². The number of pyridine rings is 1. The summed E-state index contributed by atoms with van der Waals surface area (Å²) in [6, 6.07) is 5.86. The molecule has 4 rings (SSSR count). The molecule has 3 aromatic heterocycles. The van der Waals surface area contributed by atoms with Gasteiger partial charge in [0.25, 0.3) is 0 Å². The summed E-state index contributed by atoms with van der Waals surface area (Å²) < 4.78 is 27.1. The lowest BCUT2D eigenvalue weighted by atomic mass is 9.90. The van der Waals surface area contributed by atoms with Gasteiger partial charge in [-0.15, -0.1) is 5.10 Å². The summed E-state index contributed by atoms with van der Waals surface area (Å²) in [6.45, 7) is 6.98. The first-order valence-corrected chi connectivity index (χ1v) is 10.3. The van der Waals surface area contributed by atoms with E-state index in [-0.39, 0.29) is 12.3 Å². The lowest BCUT2D eigenvalue weighted by Crippen LogP contribution is -2.19. The first-order valence-electron chi connectivity index (χ1n) is 10.3. The van der Waals surface area contributed by atoms with Gasteiger partial charge in [-0.2, -0.15) is 0 Å². The molecule has 0 radical (unpaired) electrons. The van der Waals surface area contributed by atoms with Gasteiger partial charge in [-0.3, -0.25) is 9.98 Å². The Bertz CT molecular complexity index is 1070. The molecule has 158 valence electrons. The zero-order chi connectivity index (χ0) is 21.3. The molecule has 0 saturated heterocycles. The summed E-state index contributed by atoms with van der Waals surface area (Å²) in [5, 5.41) is 7.75. The van der Waals surface area contributed by atoms with E-state index in [2.05, 4.69) is 34.2 Å².